The smallest absolute Gasteiger partial charge is 0.326 e. The number of aliphatic hydroxyl groups excluding tert-OH is 2. The van der Waals surface area contributed by atoms with Gasteiger partial charge in [0, 0.05) is 0 Å². The van der Waals surface area contributed by atoms with Crippen LogP contribution >= 0.6 is 11.8 Å². The van der Waals surface area contributed by atoms with Crippen molar-refractivity contribution in [2.45, 2.75) is 186 Å². The molecular weight excluding hydrogens is 1010 g/mol. The highest BCUT2D eigenvalue weighted by molar-refractivity contribution is 7.98. The Labute approximate surface area is 452 Å². The first-order valence-corrected chi connectivity index (χ1v) is 27.8. The molecule has 27 heteroatoms. The van der Waals surface area contributed by atoms with Crippen molar-refractivity contribution >= 4 is 70.9 Å². The summed E-state index contributed by atoms with van der Waals surface area (Å²) in [6, 6.07) is -12.7. The summed E-state index contributed by atoms with van der Waals surface area (Å²) in [7, 11) is 0. The van der Waals surface area contributed by atoms with Crippen LogP contribution in [0.5, 0.6) is 0 Å². The predicted octanol–water partition coefficient (Wildman–Crippen LogP) is -3.35. The highest BCUT2D eigenvalue weighted by Crippen LogP contribution is 2.14. The van der Waals surface area contributed by atoms with Gasteiger partial charge in [-0.25, -0.2) is 4.79 Å². The minimum absolute atomic E-state index is 0.0650. The fraction of sp³-hybridized carbons (Fsp3) is 0.796. The summed E-state index contributed by atoms with van der Waals surface area (Å²) in [5, 5.41) is 52.2. The van der Waals surface area contributed by atoms with Crippen LogP contribution in [-0.2, 0) is 47.9 Å². The Balaban J connectivity index is 6.72. The number of carbonyl (C=O) groups is 10. The standard InChI is InChI=1S/C49H93N13O13S/c1-9-29(6)39(48(73)60-37(26-64)47(72)61-38(28(4)5)49(74)75)62-45(70)34(18-12-15-22-52)57-46(71)36(24-27(2)3)59-44(69)35(19-23-76-8)58-43(68)33(17-11-14-21-51)56-42(67)32(16-10-13-20-50)55-40(65)30(7)54-41(66)31(53)25-63/h27-39,63-64H,9-26,50-53H2,1-8H3,(H,54,66)(H,55,65)(H,56,67)(H,57,71)(H,58,68)(H,59,69)(H,60,73)(H,61,72)(H,62,70)(H,74,75)/t29-,30-,31-,32-,33-,34-,35-,36-,37-,38-,39-/m0/s1. The predicted molar refractivity (Wildman–Crippen MR) is 288 cm³/mol. The summed E-state index contributed by atoms with van der Waals surface area (Å²) in [6.07, 6.45) is 5.26. The Bertz CT molecular complexity index is 1830. The molecule has 0 bridgehead atoms. The van der Waals surface area contributed by atoms with Gasteiger partial charge < -0.3 is 86.1 Å². The number of amides is 9. The van der Waals surface area contributed by atoms with E-state index in [9.17, 15) is 63.3 Å². The van der Waals surface area contributed by atoms with E-state index >= 15 is 0 Å². The lowest BCUT2D eigenvalue weighted by atomic mass is 9.96. The fourth-order valence-corrected chi connectivity index (χ4v) is 8.00. The van der Waals surface area contributed by atoms with Crippen molar-refractivity contribution < 1.29 is 63.3 Å². The molecular formula is C49H93N13O13S. The van der Waals surface area contributed by atoms with E-state index in [1.165, 1.54) is 18.7 Å². The average Bonchev–Trinajstić information content (AvgIpc) is 3.37. The number of nitrogens with two attached hydrogens (primary N) is 4. The van der Waals surface area contributed by atoms with Gasteiger partial charge in [-0.15, -0.1) is 0 Å². The van der Waals surface area contributed by atoms with E-state index in [4.69, 9.17) is 22.9 Å². The molecule has 0 fully saturated rings. The third-order valence-corrected chi connectivity index (χ3v) is 13.1. The molecule has 0 aromatic carbocycles. The normalized spacial score (nSPS) is 15.7. The van der Waals surface area contributed by atoms with Gasteiger partial charge in [-0.2, -0.15) is 11.8 Å². The van der Waals surface area contributed by atoms with E-state index < -0.39 is 145 Å². The molecule has 0 saturated heterocycles. The number of hydrogen-bond donors (Lipinski definition) is 16. The molecule has 76 heavy (non-hydrogen) atoms. The third kappa shape index (κ3) is 27.2. The van der Waals surface area contributed by atoms with Crippen LogP contribution < -0.4 is 70.8 Å². The second-order valence-electron chi connectivity index (χ2n) is 19.8. The van der Waals surface area contributed by atoms with Gasteiger partial charge in [0.1, 0.15) is 60.4 Å². The molecule has 0 saturated carbocycles. The van der Waals surface area contributed by atoms with Crippen LogP contribution in [0, 0.1) is 17.8 Å². The van der Waals surface area contributed by atoms with Crippen molar-refractivity contribution in [2.24, 2.45) is 40.7 Å². The summed E-state index contributed by atoms with van der Waals surface area (Å²) in [5.74, 6) is -9.21. The summed E-state index contributed by atoms with van der Waals surface area (Å²) < 4.78 is 0. The Hall–Kier alpha value is -5.19. The van der Waals surface area contributed by atoms with E-state index in [0.29, 0.717) is 57.2 Å². The third-order valence-electron chi connectivity index (χ3n) is 12.4. The topological polar surface area (TPSA) is 444 Å². The number of aliphatic hydroxyl groups is 2. The molecule has 0 spiro atoms. The highest BCUT2D eigenvalue weighted by atomic mass is 32.2. The first-order chi connectivity index (χ1) is 35.9. The van der Waals surface area contributed by atoms with Crippen LogP contribution in [0.4, 0.5) is 0 Å². The zero-order chi connectivity index (χ0) is 58.1. The summed E-state index contributed by atoms with van der Waals surface area (Å²) in [6.45, 7) is 10.9. The van der Waals surface area contributed by atoms with Crippen LogP contribution in [0.3, 0.4) is 0 Å². The maximum atomic E-state index is 14.3. The average molecular weight is 1100 g/mol. The van der Waals surface area contributed by atoms with Gasteiger partial charge in [0.2, 0.25) is 53.2 Å². The molecule has 11 atom stereocenters. The Kier molecular flexibility index (Phi) is 36.5. The summed E-state index contributed by atoms with van der Waals surface area (Å²) in [4.78, 5) is 135. The zero-order valence-electron chi connectivity index (χ0n) is 45.9. The first-order valence-electron chi connectivity index (χ1n) is 26.4. The number of nitrogens with one attached hydrogen (secondary N) is 9. The molecule has 0 unspecified atom stereocenters. The van der Waals surface area contributed by atoms with Crippen LogP contribution in [0.2, 0.25) is 0 Å². The van der Waals surface area contributed by atoms with E-state index in [-0.39, 0.29) is 51.1 Å². The SMILES string of the molecule is CC[C@H](C)[C@H](NC(=O)[C@H](CCCCN)NC(=O)[C@H](CC(C)C)NC(=O)[C@H](CCSC)NC(=O)[C@H](CCCCN)NC(=O)[C@H](CCCCN)NC(=O)[C@H](C)NC(=O)[C@@H](N)CO)C(=O)N[C@@H](CO)C(=O)N[C@H](C(=O)O)C(C)C. The van der Waals surface area contributed by atoms with E-state index in [1.807, 2.05) is 13.8 Å². The minimum atomic E-state index is -1.57. The van der Waals surface area contributed by atoms with Gasteiger partial charge in [-0.05, 0) is 127 Å². The molecule has 0 aliphatic carbocycles. The van der Waals surface area contributed by atoms with Gasteiger partial charge in [0.25, 0.3) is 0 Å². The van der Waals surface area contributed by atoms with Gasteiger partial charge in [-0.1, -0.05) is 48.0 Å². The van der Waals surface area contributed by atoms with Gasteiger partial charge in [0.05, 0.1) is 13.2 Å². The molecule has 0 aromatic rings. The number of hydrogen-bond acceptors (Lipinski definition) is 17. The highest BCUT2D eigenvalue weighted by Gasteiger charge is 2.36. The number of carboxylic acids is 1. The van der Waals surface area contributed by atoms with Gasteiger partial charge in [0.15, 0.2) is 0 Å². The molecule has 0 aliphatic rings. The number of carbonyl (C=O) groups excluding carboxylic acids is 9. The van der Waals surface area contributed by atoms with Crippen molar-refractivity contribution in [1.29, 1.82) is 0 Å². The number of rotatable bonds is 41. The Morgan fingerprint density at radius 1 is 0.461 bits per heavy atom. The van der Waals surface area contributed by atoms with E-state index in [0.717, 1.165) is 0 Å². The molecule has 438 valence electrons. The monoisotopic (exact) mass is 1100 g/mol. The van der Waals surface area contributed by atoms with Crippen LogP contribution in [0.1, 0.15) is 126 Å². The Morgan fingerprint density at radius 2 is 0.842 bits per heavy atom. The maximum Gasteiger partial charge on any atom is 0.326 e. The lowest BCUT2D eigenvalue weighted by molar-refractivity contribution is -0.144. The maximum absolute atomic E-state index is 14.3. The van der Waals surface area contributed by atoms with Crippen molar-refractivity contribution in [1.82, 2.24) is 47.9 Å². The van der Waals surface area contributed by atoms with Crippen molar-refractivity contribution in [2.75, 3.05) is 44.9 Å². The molecule has 0 aliphatic heterocycles. The molecule has 26 nitrogen and oxygen atoms in total. The quantitative estimate of drug-likeness (QED) is 0.0266. The fourth-order valence-electron chi connectivity index (χ4n) is 7.53. The minimum Gasteiger partial charge on any atom is -0.480 e. The Morgan fingerprint density at radius 3 is 1.22 bits per heavy atom. The second-order valence-corrected chi connectivity index (χ2v) is 20.8. The summed E-state index contributed by atoms with van der Waals surface area (Å²) in [5.41, 5.74) is 22.8. The zero-order valence-corrected chi connectivity index (χ0v) is 46.7. The molecule has 20 N–H and O–H groups in total. The number of carboxylic acid groups (broad SMARTS) is 1. The molecule has 0 aromatic heterocycles. The molecule has 0 heterocycles. The number of unbranched alkanes of at least 4 members (excludes halogenated alkanes) is 3. The lowest BCUT2D eigenvalue weighted by Gasteiger charge is -2.30. The van der Waals surface area contributed by atoms with Gasteiger partial charge >= 0.3 is 5.97 Å². The van der Waals surface area contributed by atoms with E-state index in [1.54, 1.807) is 34.0 Å². The van der Waals surface area contributed by atoms with Crippen LogP contribution in [-0.4, -0.2) is 180 Å². The van der Waals surface area contributed by atoms with Crippen LogP contribution in [0.15, 0.2) is 0 Å². The summed E-state index contributed by atoms with van der Waals surface area (Å²) >= 11 is 1.39. The van der Waals surface area contributed by atoms with Crippen molar-refractivity contribution in [3.05, 3.63) is 0 Å². The molecule has 0 radical (unpaired) electrons. The van der Waals surface area contributed by atoms with Gasteiger partial charge in [-0.3, -0.25) is 43.2 Å². The second kappa shape index (κ2) is 39.2. The molecule has 0 rings (SSSR count). The van der Waals surface area contributed by atoms with Crippen molar-refractivity contribution in [3.63, 3.8) is 0 Å². The number of aliphatic carboxylic acids is 1. The largest absolute Gasteiger partial charge is 0.480 e. The van der Waals surface area contributed by atoms with Crippen molar-refractivity contribution in [3.8, 4) is 0 Å². The molecule has 9 amide bonds. The van der Waals surface area contributed by atoms with Crippen LogP contribution in [0.25, 0.3) is 0 Å². The lowest BCUT2D eigenvalue weighted by Crippen LogP contribution is -2.61. The first kappa shape index (κ1) is 70.8. The number of thioether (sulfide) groups is 1. The van der Waals surface area contributed by atoms with E-state index in [2.05, 4.69) is 47.9 Å².